The van der Waals surface area contributed by atoms with Crippen LogP contribution < -0.4 is 0 Å². The second-order valence-electron chi connectivity index (χ2n) is 2.08. The van der Waals surface area contributed by atoms with Gasteiger partial charge in [-0.05, 0) is 28.1 Å². The van der Waals surface area contributed by atoms with Gasteiger partial charge in [0.2, 0.25) is 0 Å². The van der Waals surface area contributed by atoms with Crippen LogP contribution in [0.15, 0.2) is 16.6 Å². The van der Waals surface area contributed by atoms with E-state index in [1.165, 1.54) is 6.07 Å². The minimum absolute atomic E-state index is 0.0469. The standard InChI is InChI=1S/C8H3BrFNO/c9-7-1-6(4-12)5(3-11)2-8(7)10/h1-2,4H. The molecule has 0 amide bonds. The Morgan fingerprint density at radius 3 is 2.75 bits per heavy atom. The Bertz CT molecular complexity index is 370. The maximum atomic E-state index is 12.8. The summed E-state index contributed by atoms with van der Waals surface area (Å²) in [6.07, 6.45) is 0.517. The minimum Gasteiger partial charge on any atom is -0.298 e. The number of nitriles is 1. The van der Waals surface area contributed by atoms with Crippen molar-refractivity contribution < 1.29 is 9.18 Å². The SMILES string of the molecule is N#Cc1cc(F)c(Br)cc1C=O. The molecule has 0 saturated carbocycles. The number of hydrogen-bond acceptors (Lipinski definition) is 2. The summed E-state index contributed by atoms with van der Waals surface area (Å²) in [4.78, 5) is 10.4. The second-order valence-corrected chi connectivity index (χ2v) is 2.94. The van der Waals surface area contributed by atoms with Gasteiger partial charge in [0.05, 0.1) is 16.1 Å². The molecule has 0 aliphatic rings. The van der Waals surface area contributed by atoms with Crippen LogP contribution in [0.5, 0.6) is 0 Å². The number of hydrogen-bond donors (Lipinski definition) is 0. The van der Waals surface area contributed by atoms with E-state index in [9.17, 15) is 9.18 Å². The maximum absolute atomic E-state index is 12.8. The van der Waals surface area contributed by atoms with Crippen molar-refractivity contribution in [3.63, 3.8) is 0 Å². The summed E-state index contributed by atoms with van der Waals surface area (Å²) >= 11 is 2.91. The maximum Gasteiger partial charge on any atom is 0.151 e. The highest BCUT2D eigenvalue weighted by atomic mass is 79.9. The van der Waals surface area contributed by atoms with Crippen molar-refractivity contribution in [3.05, 3.63) is 33.5 Å². The zero-order valence-electron chi connectivity index (χ0n) is 5.84. The molecule has 0 N–H and O–H groups in total. The summed E-state index contributed by atoms with van der Waals surface area (Å²) in [5, 5.41) is 8.47. The Balaban J connectivity index is 3.41. The molecule has 0 bridgehead atoms. The molecule has 0 spiro atoms. The molecule has 0 aliphatic heterocycles. The molecule has 0 unspecified atom stereocenters. The highest BCUT2D eigenvalue weighted by molar-refractivity contribution is 9.10. The van der Waals surface area contributed by atoms with Crippen molar-refractivity contribution in [1.29, 1.82) is 5.26 Å². The normalized spacial score (nSPS) is 9.08. The molecular formula is C8H3BrFNO. The van der Waals surface area contributed by atoms with E-state index >= 15 is 0 Å². The van der Waals surface area contributed by atoms with E-state index in [0.29, 0.717) is 6.29 Å². The molecule has 4 heteroatoms. The Hall–Kier alpha value is -1.21. The molecule has 60 valence electrons. The number of aldehydes is 1. The fraction of sp³-hybridized carbons (Fsp3) is 0. The summed E-state index contributed by atoms with van der Waals surface area (Å²) in [6.45, 7) is 0. The number of carbonyl (C=O) groups excluding carboxylic acids is 1. The van der Waals surface area contributed by atoms with E-state index in [2.05, 4.69) is 15.9 Å². The topological polar surface area (TPSA) is 40.9 Å². The van der Waals surface area contributed by atoms with Crippen molar-refractivity contribution in [2.45, 2.75) is 0 Å². The average molecular weight is 228 g/mol. The first-order valence-electron chi connectivity index (χ1n) is 3.03. The monoisotopic (exact) mass is 227 g/mol. The third-order valence-electron chi connectivity index (χ3n) is 1.34. The van der Waals surface area contributed by atoms with Gasteiger partial charge in [0.25, 0.3) is 0 Å². The summed E-state index contributed by atoms with van der Waals surface area (Å²) in [7, 11) is 0. The molecule has 0 aromatic heterocycles. The first-order valence-corrected chi connectivity index (χ1v) is 3.82. The van der Waals surface area contributed by atoms with E-state index in [0.717, 1.165) is 6.07 Å². The van der Waals surface area contributed by atoms with Gasteiger partial charge in [0.1, 0.15) is 5.82 Å². The lowest BCUT2D eigenvalue weighted by Gasteiger charge is -1.97. The van der Waals surface area contributed by atoms with Crippen LogP contribution >= 0.6 is 15.9 Å². The largest absolute Gasteiger partial charge is 0.298 e. The highest BCUT2D eigenvalue weighted by Crippen LogP contribution is 2.19. The van der Waals surface area contributed by atoms with Crippen LogP contribution in [0.1, 0.15) is 15.9 Å². The fourth-order valence-corrected chi connectivity index (χ4v) is 1.12. The van der Waals surface area contributed by atoms with Gasteiger partial charge < -0.3 is 0 Å². The van der Waals surface area contributed by atoms with Crippen LogP contribution in [-0.2, 0) is 0 Å². The predicted molar refractivity (Wildman–Crippen MR) is 44.2 cm³/mol. The molecule has 0 fully saturated rings. The van der Waals surface area contributed by atoms with Crippen molar-refractivity contribution in [3.8, 4) is 6.07 Å². The van der Waals surface area contributed by atoms with Gasteiger partial charge in [-0.1, -0.05) is 0 Å². The van der Waals surface area contributed by atoms with Gasteiger partial charge in [-0.2, -0.15) is 5.26 Å². The molecule has 2 nitrogen and oxygen atoms in total. The first kappa shape index (κ1) is 8.88. The number of rotatable bonds is 1. The lowest BCUT2D eigenvalue weighted by molar-refractivity contribution is 0.112. The molecule has 1 aromatic rings. The van der Waals surface area contributed by atoms with Gasteiger partial charge in [-0.3, -0.25) is 4.79 Å². The molecule has 1 aromatic carbocycles. The van der Waals surface area contributed by atoms with E-state index < -0.39 is 5.82 Å². The fourth-order valence-electron chi connectivity index (χ4n) is 0.757. The van der Waals surface area contributed by atoms with Crippen LogP contribution in [0.2, 0.25) is 0 Å². The van der Waals surface area contributed by atoms with E-state index in [4.69, 9.17) is 5.26 Å². The number of benzene rings is 1. The second kappa shape index (κ2) is 3.46. The Labute approximate surface area is 76.7 Å². The van der Waals surface area contributed by atoms with Crippen LogP contribution in [0.25, 0.3) is 0 Å². The average Bonchev–Trinajstić information content (AvgIpc) is 2.09. The smallest absolute Gasteiger partial charge is 0.151 e. The Morgan fingerprint density at radius 1 is 1.58 bits per heavy atom. The lowest BCUT2D eigenvalue weighted by atomic mass is 10.1. The third-order valence-corrected chi connectivity index (χ3v) is 1.95. The van der Waals surface area contributed by atoms with Gasteiger partial charge in [-0.15, -0.1) is 0 Å². The number of nitrogens with zero attached hydrogens (tertiary/aromatic N) is 1. The third kappa shape index (κ3) is 1.51. The molecule has 0 heterocycles. The molecule has 0 aliphatic carbocycles. The van der Waals surface area contributed by atoms with Gasteiger partial charge in [0, 0.05) is 5.56 Å². The Morgan fingerprint density at radius 2 is 2.25 bits per heavy atom. The molecular weight excluding hydrogens is 225 g/mol. The van der Waals surface area contributed by atoms with Crippen LogP contribution in [0.4, 0.5) is 4.39 Å². The zero-order valence-corrected chi connectivity index (χ0v) is 7.43. The minimum atomic E-state index is -0.544. The van der Waals surface area contributed by atoms with E-state index in [-0.39, 0.29) is 15.6 Å². The highest BCUT2D eigenvalue weighted by Gasteiger charge is 2.06. The predicted octanol–water partition coefficient (Wildman–Crippen LogP) is 2.27. The molecule has 1 rings (SSSR count). The first-order chi connectivity index (χ1) is 5.69. The zero-order chi connectivity index (χ0) is 9.14. The summed E-state index contributed by atoms with van der Waals surface area (Å²) < 4.78 is 13.0. The summed E-state index contributed by atoms with van der Waals surface area (Å²) in [5.41, 5.74) is 0.233. The van der Waals surface area contributed by atoms with Crippen molar-refractivity contribution >= 4 is 22.2 Å². The van der Waals surface area contributed by atoms with Crippen molar-refractivity contribution in [2.24, 2.45) is 0 Å². The van der Waals surface area contributed by atoms with Gasteiger partial charge in [-0.25, -0.2) is 4.39 Å². The van der Waals surface area contributed by atoms with E-state index in [1.807, 2.05) is 0 Å². The Kier molecular flexibility index (Phi) is 2.56. The van der Waals surface area contributed by atoms with Crippen LogP contribution in [-0.4, -0.2) is 6.29 Å². The van der Waals surface area contributed by atoms with Crippen molar-refractivity contribution in [1.82, 2.24) is 0 Å². The quantitative estimate of drug-likeness (QED) is 0.691. The van der Waals surface area contributed by atoms with Gasteiger partial charge in [0.15, 0.2) is 6.29 Å². The number of carbonyl (C=O) groups is 1. The van der Waals surface area contributed by atoms with Crippen LogP contribution in [0.3, 0.4) is 0 Å². The molecule has 0 radical (unpaired) electrons. The summed E-state index contributed by atoms with van der Waals surface area (Å²) in [5.74, 6) is -0.544. The molecule has 0 saturated heterocycles. The molecule has 0 atom stereocenters. The van der Waals surface area contributed by atoms with Crippen LogP contribution in [0, 0.1) is 17.1 Å². The lowest BCUT2D eigenvalue weighted by Crippen LogP contribution is -1.90. The summed E-state index contributed by atoms with van der Waals surface area (Å²) in [6, 6.07) is 4.02. The molecule has 12 heavy (non-hydrogen) atoms. The van der Waals surface area contributed by atoms with Gasteiger partial charge >= 0.3 is 0 Å². The van der Waals surface area contributed by atoms with E-state index in [1.54, 1.807) is 6.07 Å². The van der Waals surface area contributed by atoms with Crippen molar-refractivity contribution in [2.75, 3.05) is 0 Å². The number of halogens is 2.